The van der Waals surface area contributed by atoms with E-state index in [0.717, 1.165) is 0 Å². The van der Waals surface area contributed by atoms with E-state index in [9.17, 15) is 0 Å². The van der Waals surface area contributed by atoms with Gasteiger partial charge in [0.25, 0.3) is 0 Å². The molecule has 0 aromatic carbocycles. The van der Waals surface area contributed by atoms with Crippen LogP contribution in [0.15, 0.2) is 8.82 Å². The standard InChI is InChI=1S/C22H62N4P2Si6/c1-21(29(3,4)5)27(23-31(9,10)11)25(33(15,16)17)28(24-32(12,13)14,22(2)30(6,7)8)26(27)34(18,19)20/h21-22H,1-20H3. The second kappa shape index (κ2) is 9.70. The molecule has 0 N–H and O–H groups in total. The second-order valence-electron chi connectivity index (χ2n) is 16.8. The summed E-state index contributed by atoms with van der Waals surface area (Å²) in [4.78, 5) is 0. The van der Waals surface area contributed by atoms with Crippen molar-refractivity contribution in [3.63, 3.8) is 0 Å². The summed E-state index contributed by atoms with van der Waals surface area (Å²) in [6.45, 7) is 51.7. The van der Waals surface area contributed by atoms with Gasteiger partial charge in [0.05, 0.1) is 30.9 Å². The molecule has 0 aromatic rings. The van der Waals surface area contributed by atoms with Gasteiger partial charge in [-0.25, -0.2) is 8.21 Å². The van der Waals surface area contributed by atoms with Crippen LogP contribution in [0.3, 0.4) is 0 Å². The van der Waals surface area contributed by atoms with Gasteiger partial charge in [-0.1, -0.05) is 92.4 Å². The molecule has 0 aromatic heterocycles. The fraction of sp³-hybridized carbons (Fsp3) is 1.00. The van der Waals surface area contributed by atoms with Gasteiger partial charge in [0.15, 0.2) is 16.5 Å². The molecule has 12 heteroatoms. The van der Waals surface area contributed by atoms with Gasteiger partial charge in [-0.15, -0.1) is 0 Å². The third kappa shape index (κ3) is 6.63. The highest BCUT2D eigenvalue weighted by molar-refractivity contribution is 7.98. The maximum Gasteiger partial charge on any atom is 0.173 e. The molecule has 0 spiro atoms. The Labute approximate surface area is 222 Å². The van der Waals surface area contributed by atoms with Crippen molar-refractivity contribution in [1.82, 2.24) is 8.21 Å². The van der Waals surface area contributed by atoms with E-state index in [-0.39, 0.29) is 0 Å². The molecule has 1 aliphatic heterocycles. The SMILES string of the molecule is CC([Si](C)(C)C)P1(=N[Si](C)(C)C)N([Si](C)(C)C)P(=N[Si](C)(C)C)(C(C)[Si](C)(C)C)N1[Si](C)(C)C. The maximum atomic E-state index is 6.20. The predicted octanol–water partition coefficient (Wildman–Crippen LogP) is 10.5. The summed E-state index contributed by atoms with van der Waals surface area (Å²) in [5.74, 6) is 0. The Bertz CT molecular complexity index is 777. The minimum absolute atomic E-state index is 0.684. The number of hydrogen-bond acceptors (Lipinski definition) is 2. The summed E-state index contributed by atoms with van der Waals surface area (Å²) in [6.07, 6.45) is 0. The van der Waals surface area contributed by atoms with Crippen LogP contribution < -0.4 is 0 Å². The lowest BCUT2D eigenvalue weighted by molar-refractivity contribution is 0.744. The fourth-order valence-electron chi connectivity index (χ4n) is 5.20. The molecule has 2 atom stereocenters. The molecule has 204 valence electrons. The van der Waals surface area contributed by atoms with E-state index in [1.807, 2.05) is 0 Å². The highest BCUT2D eigenvalue weighted by atomic mass is 31.3. The minimum Gasteiger partial charge on any atom is -0.312 e. The van der Waals surface area contributed by atoms with Crippen molar-refractivity contribution in [1.29, 1.82) is 0 Å². The van der Waals surface area contributed by atoms with E-state index < -0.39 is 63.8 Å². The molecule has 0 radical (unpaired) electrons. The average Bonchev–Trinajstić information content (AvgIpc) is 2.43. The van der Waals surface area contributed by atoms with Gasteiger partial charge in [0.1, 0.15) is 16.5 Å². The van der Waals surface area contributed by atoms with E-state index in [1.54, 1.807) is 0 Å². The minimum atomic E-state index is -1.86. The van der Waals surface area contributed by atoms with Gasteiger partial charge >= 0.3 is 0 Å². The summed E-state index contributed by atoms with van der Waals surface area (Å²) < 4.78 is 18.9. The molecular weight excluding hydrogens is 551 g/mol. The van der Waals surface area contributed by atoms with Crippen LogP contribution in [-0.4, -0.2) is 67.9 Å². The smallest absolute Gasteiger partial charge is 0.173 e. The first-order valence-electron chi connectivity index (χ1n) is 13.3. The molecule has 34 heavy (non-hydrogen) atoms. The quantitative estimate of drug-likeness (QED) is 0.202. The molecular formula is C22H62N4P2Si6. The van der Waals surface area contributed by atoms with Crippen molar-refractivity contribution in [3.05, 3.63) is 0 Å². The Morgan fingerprint density at radius 1 is 0.441 bits per heavy atom. The summed E-state index contributed by atoms with van der Waals surface area (Å²) in [6, 6.07) is 0. The molecule has 0 amide bonds. The van der Waals surface area contributed by atoms with Crippen LogP contribution in [0.1, 0.15) is 13.8 Å². The highest BCUT2D eigenvalue weighted by Crippen LogP contribution is 2.95. The first-order chi connectivity index (χ1) is 14.5. The van der Waals surface area contributed by atoms with Gasteiger partial charge in [-0.3, -0.25) is 0 Å². The van der Waals surface area contributed by atoms with E-state index in [4.69, 9.17) is 8.82 Å². The van der Waals surface area contributed by atoms with E-state index in [2.05, 4.69) is 140 Å². The van der Waals surface area contributed by atoms with Crippen molar-refractivity contribution in [3.8, 4) is 0 Å². The third-order valence-corrected chi connectivity index (χ3v) is 46.3. The molecule has 0 saturated carbocycles. The maximum absolute atomic E-state index is 6.20. The summed E-state index contributed by atoms with van der Waals surface area (Å²) >= 11 is 0. The molecule has 2 unspecified atom stereocenters. The normalized spacial score (nSPS) is 28.4. The second-order valence-corrected chi connectivity index (χ2v) is 56.5. The van der Waals surface area contributed by atoms with Crippen molar-refractivity contribution >= 4 is 63.8 Å². The van der Waals surface area contributed by atoms with E-state index in [1.165, 1.54) is 0 Å². The van der Waals surface area contributed by atoms with Crippen LogP contribution in [0.4, 0.5) is 0 Å². The van der Waals surface area contributed by atoms with E-state index in [0.29, 0.717) is 10.6 Å². The van der Waals surface area contributed by atoms with Gasteiger partial charge in [-0.2, -0.15) is 0 Å². The molecule has 1 heterocycles. The number of nitrogens with zero attached hydrogens (tertiary/aromatic N) is 4. The summed E-state index contributed by atoms with van der Waals surface area (Å²) in [5.41, 5.74) is 0. The molecule has 1 rings (SSSR count). The number of rotatable bonds is 8. The molecule has 0 aliphatic carbocycles. The van der Waals surface area contributed by atoms with Crippen LogP contribution in [0, 0.1) is 0 Å². The number of hydrogen-bond donors (Lipinski definition) is 0. The summed E-state index contributed by atoms with van der Waals surface area (Å²) in [5, 5.41) is 1.37. The van der Waals surface area contributed by atoms with Crippen molar-refractivity contribution < 1.29 is 0 Å². The Hall–Kier alpha value is 1.68. The van der Waals surface area contributed by atoms with E-state index >= 15 is 0 Å². The third-order valence-electron chi connectivity index (χ3n) is 6.76. The highest BCUT2D eigenvalue weighted by Gasteiger charge is 2.71. The van der Waals surface area contributed by atoms with Crippen LogP contribution >= 0.6 is 14.7 Å². The lowest BCUT2D eigenvalue weighted by Gasteiger charge is -2.76. The fourth-order valence-corrected chi connectivity index (χ4v) is 57.1. The zero-order chi connectivity index (χ0) is 27.7. The predicted molar refractivity (Wildman–Crippen MR) is 181 cm³/mol. The monoisotopic (exact) mass is 612 g/mol. The first-order valence-corrected chi connectivity index (χ1v) is 37.7. The van der Waals surface area contributed by atoms with Gasteiger partial charge in [0, 0.05) is 10.6 Å². The topological polar surface area (TPSA) is 31.2 Å². The molecule has 1 aliphatic rings. The molecule has 0 bridgehead atoms. The zero-order valence-corrected chi connectivity index (χ0v) is 34.6. The zero-order valence-electron chi connectivity index (χ0n) is 26.8. The Morgan fingerprint density at radius 2 is 0.647 bits per heavy atom. The van der Waals surface area contributed by atoms with Gasteiger partial charge in [-0.05, 0) is 39.3 Å². The Kier molecular flexibility index (Phi) is 9.62. The Balaban J connectivity index is 4.58. The van der Waals surface area contributed by atoms with Gasteiger partial charge in [0.2, 0.25) is 0 Å². The van der Waals surface area contributed by atoms with Crippen molar-refractivity contribution in [2.24, 2.45) is 8.82 Å². The van der Waals surface area contributed by atoms with Crippen molar-refractivity contribution in [2.45, 2.75) is 142 Å². The largest absolute Gasteiger partial charge is 0.312 e. The first kappa shape index (κ1) is 33.7. The van der Waals surface area contributed by atoms with Crippen molar-refractivity contribution in [2.75, 3.05) is 0 Å². The lowest BCUT2D eigenvalue weighted by atomic mass is 10.9. The average molecular weight is 613 g/mol. The molecule has 1 saturated heterocycles. The van der Waals surface area contributed by atoms with Crippen LogP contribution in [0.2, 0.25) is 118 Å². The lowest BCUT2D eigenvalue weighted by Crippen LogP contribution is -2.68. The Morgan fingerprint density at radius 3 is 0.765 bits per heavy atom. The molecule has 4 nitrogen and oxygen atoms in total. The van der Waals surface area contributed by atoms with Crippen LogP contribution in [0.5, 0.6) is 0 Å². The van der Waals surface area contributed by atoms with Crippen LogP contribution in [-0.2, 0) is 0 Å². The molecule has 1 fully saturated rings. The van der Waals surface area contributed by atoms with Gasteiger partial charge < -0.3 is 8.82 Å². The summed E-state index contributed by atoms with van der Waals surface area (Å²) in [7, 11) is -13.5. The van der Waals surface area contributed by atoms with Crippen LogP contribution in [0.25, 0.3) is 0 Å².